The summed E-state index contributed by atoms with van der Waals surface area (Å²) in [7, 11) is 3.95. The monoisotopic (exact) mass is 282 g/mol. The summed E-state index contributed by atoms with van der Waals surface area (Å²) in [6, 6.07) is 11.6. The van der Waals surface area contributed by atoms with Crippen molar-refractivity contribution in [2.75, 3.05) is 14.1 Å². The molecule has 108 valence electrons. The number of fused-ring (bicyclic) bond motifs is 1. The Morgan fingerprint density at radius 2 is 1.71 bits per heavy atom. The second-order valence-corrected chi connectivity index (χ2v) is 5.51. The third-order valence-corrected chi connectivity index (χ3v) is 3.30. The van der Waals surface area contributed by atoms with Crippen molar-refractivity contribution in [1.82, 2.24) is 19.9 Å². The second-order valence-electron chi connectivity index (χ2n) is 5.51. The normalized spacial score (nSPS) is 11.4. The fourth-order valence-corrected chi connectivity index (χ4v) is 2.41. The molecule has 0 aliphatic rings. The van der Waals surface area contributed by atoms with Crippen molar-refractivity contribution in [2.24, 2.45) is 0 Å². The van der Waals surface area contributed by atoms with E-state index >= 15 is 0 Å². The smallest absolute Gasteiger partial charge is 0.147 e. The summed E-state index contributed by atoms with van der Waals surface area (Å²) in [5.74, 6) is 0.231. The molecule has 5 heteroatoms. The maximum atomic E-state index is 10.5. The first-order valence-electron chi connectivity index (χ1n) is 6.84. The largest absolute Gasteiger partial charge is 0.505 e. The van der Waals surface area contributed by atoms with Crippen molar-refractivity contribution < 1.29 is 5.11 Å². The van der Waals surface area contributed by atoms with Crippen molar-refractivity contribution in [2.45, 2.75) is 13.5 Å². The zero-order chi connectivity index (χ0) is 15.0. The number of hydrogen-bond acceptors (Lipinski definition) is 4. The van der Waals surface area contributed by atoms with Gasteiger partial charge in [-0.3, -0.25) is 0 Å². The van der Waals surface area contributed by atoms with E-state index in [-0.39, 0.29) is 5.75 Å². The van der Waals surface area contributed by atoms with E-state index in [0.29, 0.717) is 12.2 Å². The predicted octanol–water partition coefficient (Wildman–Crippen LogP) is 2.50. The van der Waals surface area contributed by atoms with Crippen LogP contribution in [0.25, 0.3) is 16.7 Å². The summed E-state index contributed by atoms with van der Waals surface area (Å²) in [4.78, 5) is 3.53. The fraction of sp³-hybridized carbons (Fsp3) is 0.250. The number of benzene rings is 2. The third kappa shape index (κ3) is 2.60. The molecule has 0 bridgehead atoms. The molecule has 0 atom stereocenters. The van der Waals surface area contributed by atoms with Crippen molar-refractivity contribution in [3.63, 3.8) is 0 Å². The van der Waals surface area contributed by atoms with Crippen molar-refractivity contribution in [3.8, 4) is 11.4 Å². The van der Waals surface area contributed by atoms with E-state index in [1.165, 1.54) is 4.80 Å². The second kappa shape index (κ2) is 5.18. The van der Waals surface area contributed by atoms with Crippen LogP contribution in [0.1, 0.15) is 11.1 Å². The number of hydrogen-bond donors (Lipinski definition) is 1. The summed E-state index contributed by atoms with van der Waals surface area (Å²) in [6.07, 6.45) is 0. The minimum atomic E-state index is 0.231. The van der Waals surface area contributed by atoms with Crippen molar-refractivity contribution >= 4 is 11.0 Å². The summed E-state index contributed by atoms with van der Waals surface area (Å²) >= 11 is 0. The lowest BCUT2D eigenvalue weighted by Gasteiger charge is -2.14. The molecule has 0 saturated carbocycles. The average molecular weight is 282 g/mol. The van der Waals surface area contributed by atoms with E-state index in [1.807, 2.05) is 62.3 Å². The Bertz CT molecular complexity index is 759. The summed E-state index contributed by atoms with van der Waals surface area (Å²) in [5, 5.41) is 19.4. The molecule has 0 fully saturated rings. The Kier molecular flexibility index (Phi) is 3.35. The van der Waals surface area contributed by atoms with Gasteiger partial charge in [-0.1, -0.05) is 18.2 Å². The number of nitrogens with zero attached hydrogens (tertiary/aromatic N) is 4. The quantitative estimate of drug-likeness (QED) is 0.802. The number of rotatable bonds is 3. The van der Waals surface area contributed by atoms with E-state index in [9.17, 15) is 5.11 Å². The van der Waals surface area contributed by atoms with E-state index in [2.05, 4.69) is 10.2 Å². The molecule has 0 amide bonds. The third-order valence-electron chi connectivity index (χ3n) is 3.30. The lowest BCUT2D eigenvalue weighted by molar-refractivity contribution is 0.384. The molecule has 3 aromatic rings. The van der Waals surface area contributed by atoms with Crippen LogP contribution in [0.15, 0.2) is 36.4 Å². The number of aromatic hydroxyl groups is 1. The standard InChI is InChI=1S/C16H18N4O/c1-11-8-12(10-19(2)3)16(21)15(9-11)20-17-13-6-4-5-7-14(13)18-20/h4-9,21H,10H2,1-3H3. The van der Waals surface area contributed by atoms with Gasteiger partial charge in [-0.25, -0.2) is 0 Å². The van der Waals surface area contributed by atoms with Gasteiger partial charge in [0.2, 0.25) is 0 Å². The molecule has 1 aromatic heterocycles. The van der Waals surface area contributed by atoms with Gasteiger partial charge in [-0.05, 0) is 44.8 Å². The molecule has 0 radical (unpaired) electrons. The highest BCUT2D eigenvalue weighted by Gasteiger charge is 2.13. The zero-order valence-electron chi connectivity index (χ0n) is 12.4. The predicted molar refractivity (Wildman–Crippen MR) is 82.7 cm³/mol. The zero-order valence-corrected chi connectivity index (χ0v) is 12.4. The minimum absolute atomic E-state index is 0.231. The SMILES string of the molecule is Cc1cc(CN(C)C)c(O)c(-n2nc3ccccc3n2)c1. The van der Waals surface area contributed by atoms with Gasteiger partial charge in [0.15, 0.2) is 0 Å². The molecular weight excluding hydrogens is 264 g/mol. The van der Waals surface area contributed by atoms with Crippen LogP contribution in [0, 0.1) is 6.92 Å². The molecule has 0 saturated heterocycles. The Morgan fingerprint density at radius 3 is 2.29 bits per heavy atom. The van der Waals surface area contributed by atoms with Gasteiger partial charge >= 0.3 is 0 Å². The van der Waals surface area contributed by atoms with Gasteiger partial charge in [0, 0.05) is 12.1 Å². The molecule has 0 spiro atoms. The molecule has 2 aromatic carbocycles. The molecule has 21 heavy (non-hydrogen) atoms. The van der Waals surface area contributed by atoms with Crippen LogP contribution in [-0.4, -0.2) is 39.1 Å². The Labute approximate surface area is 123 Å². The molecule has 0 aliphatic heterocycles. The maximum Gasteiger partial charge on any atom is 0.147 e. The van der Waals surface area contributed by atoms with E-state index < -0.39 is 0 Å². The highest BCUT2D eigenvalue weighted by atomic mass is 16.3. The lowest BCUT2D eigenvalue weighted by atomic mass is 10.1. The van der Waals surface area contributed by atoms with Crippen molar-refractivity contribution in [1.29, 1.82) is 0 Å². The van der Waals surface area contributed by atoms with Gasteiger partial charge in [-0.15, -0.1) is 15.0 Å². The minimum Gasteiger partial charge on any atom is -0.505 e. The van der Waals surface area contributed by atoms with Crippen LogP contribution in [-0.2, 0) is 6.54 Å². The van der Waals surface area contributed by atoms with Crippen LogP contribution >= 0.6 is 0 Å². The number of phenolic OH excluding ortho intramolecular Hbond substituents is 1. The lowest BCUT2D eigenvalue weighted by Crippen LogP contribution is -2.12. The maximum absolute atomic E-state index is 10.5. The van der Waals surface area contributed by atoms with E-state index in [0.717, 1.165) is 22.2 Å². The first-order valence-corrected chi connectivity index (χ1v) is 6.84. The van der Waals surface area contributed by atoms with E-state index in [4.69, 9.17) is 0 Å². The number of aryl methyl sites for hydroxylation is 1. The average Bonchev–Trinajstić information content (AvgIpc) is 2.85. The molecule has 0 aliphatic carbocycles. The fourth-order valence-electron chi connectivity index (χ4n) is 2.41. The van der Waals surface area contributed by atoms with Crippen LogP contribution in [0.3, 0.4) is 0 Å². The van der Waals surface area contributed by atoms with Gasteiger partial charge < -0.3 is 10.0 Å². The highest BCUT2D eigenvalue weighted by Crippen LogP contribution is 2.28. The Morgan fingerprint density at radius 1 is 1.10 bits per heavy atom. The molecule has 0 unspecified atom stereocenters. The highest BCUT2D eigenvalue weighted by molar-refractivity contribution is 5.73. The first kappa shape index (κ1) is 13.6. The Hall–Kier alpha value is -2.40. The van der Waals surface area contributed by atoms with Crippen LogP contribution in [0.5, 0.6) is 5.75 Å². The van der Waals surface area contributed by atoms with Crippen molar-refractivity contribution in [3.05, 3.63) is 47.5 Å². The summed E-state index contributed by atoms with van der Waals surface area (Å²) in [6.45, 7) is 2.67. The van der Waals surface area contributed by atoms with Crippen LogP contribution in [0.4, 0.5) is 0 Å². The number of aromatic nitrogens is 3. The number of phenols is 1. The molecule has 1 N–H and O–H groups in total. The Balaban J connectivity index is 2.14. The first-order chi connectivity index (χ1) is 10.0. The summed E-state index contributed by atoms with van der Waals surface area (Å²) < 4.78 is 0. The molecular formula is C16H18N4O. The summed E-state index contributed by atoms with van der Waals surface area (Å²) in [5.41, 5.74) is 4.18. The van der Waals surface area contributed by atoms with Crippen LogP contribution < -0.4 is 0 Å². The van der Waals surface area contributed by atoms with Crippen LogP contribution in [0.2, 0.25) is 0 Å². The van der Waals surface area contributed by atoms with Gasteiger partial charge in [-0.2, -0.15) is 0 Å². The van der Waals surface area contributed by atoms with Gasteiger partial charge in [0.05, 0.1) is 0 Å². The topological polar surface area (TPSA) is 54.2 Å². The molecule has 5 nitrogen and oxygen atoms in total. The molecule has 3 rings (SSSR count). The van der Waals surface area contributed by atoms with Gasteiger partial charge in [0.25, 0.3) is 0 Å². The molecule has 1 heterocycles. The van der Waals surface area contributed by atoms with E-state index in [1.54, 1.807) is 0 Å². The van der Waals surface area contributed by atoms with Gasteiger partial charge in [0.1, 0.15) is 22.5 Å².